The fraction of sp³-hybridized carbons (Fsp3) is 0.450. The summed E-state index contributed by atoms with van der Waals surface area (Å²) in [5.41, 5.74) is 1.56. The van der Waals surface area contributed by atoms with Crippen LogP contribution >= 0.6 is 24.0 Å². The van der Waals surface area contributed by atoms with Gasteiger partial charge >= 0.3 is 0 Å². The van der Waals surface area contributed by atoms with Crippen LogP contribution < -0.4 is 10.6 Å². The van der Waals surface area contributed by atoms with Crippen molar-refractivity contribution in [1.82, 2.24) is 25.0 Å². The molecule has 0 spiro atoms. The van der Waals surface area contributed by atoms with E-state index in [9.17, 15) is 13.2 Å². The lowest BCUT2D eigenvalue weighted by Gasteiger charge is -2.35. The number of hydrogen-bond acceptors (Lipinski definition) is 6. The molecule has 2 N–H and O–H groups in total. The zero-order valence-corrected chi connectivity index (χ0v) is 21.1. The van der Waals surface area contributed by atoms with Gasteiger partial charge in [0.15, 0.2) is 5.96 Å². The fourth-order valence-corrected chi connectivity index (χ4v) is 4.74. The third-order valence-electron chi connectivity index (χ3n) is 4.95. The third kappa shape index (κ3) is 7.74. The maximum absolute atomic E-state index is 12.5. The number of benzene rings is 1. The lowest BCUT2D eigenvalue weighted by Crippen LogP contribution is -2.54. The number of nitrogens with zero attached hydrogens (tertiary/aromatic N) is 4. The van der Waals surface area contributed by atoms with Gasteiger partial charge in [0.1, 0.15) is 12.0 Å². The fourth-order valence-electron chi connectivity index (χ4n) is 3.31. The average molecular weight is 576 g/mol. The van der Waals surface area contributed by atoms with E-state index in [4.69, 9.17) is 4.52 Å². The molecule has 2 aromatic rings. The summed E-state index contributed by atoms with van der Waals surface area (Å²) in [7, 11) is -1.82. The van der Waals surface area contributed by atoms with Crippen LogP contribution in [0.5, 0.6) is 0 Å². The maximum Gasteiger partial charge on any atom is 0.239 e. The molecular formula is C20H29IN6O4S. The van der Waals surface area contributed by atoms with Crippen molar-refractivity contribution in [3.8, 4) is 0 Å². The monoisotopic (exact) mass is 576 g/mol. The molecule has 0 bridgehead atoms. The van der Waals surface area contributed by atoms with Crippen LogP contribution in [0.15, 0.2) is 52.2 Å². The molecular weight excluding hydrogens is 547 g/mol. The van der Waals surface area contributed by atoms with Crippen LogP contribution in [-0.4, -0.2) is 81.0 Å². The van der Waals surface area contributed by atoms with Crippen LogP contribution in [0.1, 0.15) is 11.3 Å². The van der Waals surface area contributed by atoms with Crippen molar-refractivity contribution in [2.75, 3.05) is 46.3 Å². The SMILES string of the molecule is CN=C(NCC(=O)NCCc1ccccc1)N1CCN(S(=O)(=O)Cc2ccon2)CC1.I. The van der Waals surface area contributed by atoms with Gasteiger partial charge in [-0.25, -0.2) is 8.42 Å². The van der Waals surface area contributed by atoms with E-state index in [1.807, 2.05) is 35.2 Å². The molecule has 1 aromatic carbocycles. The molecule has 1 fully saturated rings. The zero-order chi connectivity index (χ0) is 22.1. The largest absolute Gasteiger partial charge is 0.364 e. The summed E-state index contributed by atoms with van der Waals surface area (Å²) in [6.45, 7) is 2.30. The number of aliphatic imine (C=N–C) groups is 1. The lowest BCUT2D eigenvalue weighted by molar-refractivity contribution is -0.120. The summed E-state index contributed by atoms with van der Waals surface area (Å²) in [5, 5.41) is 9.61. The molecule has 1 aliphatic rings. The summed E-state index contributed by atoms with van der Waals surface area (Å²) < 4.78 is 31.2. The second kappa shape index (κ2) is 12.7. The number of aromatic nitrogens is 1. The molecule has 1 aromatic heterocycles. The predicted octanol–water partition coefficient (Wildman–Crippen LogP) is 0.674. The van der Waals surface area contributed by atoms with Gasteiger partial charge in [-0.1, -0.05) is 35.5 Å². The summed E-state index contributed by atoms with van der Waals surface area (Å²) in [4.78, 5) is 18.3. The number of amides is 1. The normalized spacial score (nSPS) is 15.2. The van der Waals surface area contributed by atoms with Crippen molar-refractivity contribution in [3.05, 3.63) is 53.9 Å². The molecule has 0 radical (unpaired) electrons. The molecule has 0 atom stereocenters. The first-order valence-electron chi connectivity index (χ1n) is 10.1. The molecule has 1 saturated heterocycles. The molecule has 0 aliphatic carbocycles. The third-order valence-corrected chi connectivity index (χ3v) is 6.76. The average Bonchev–Trinajstić information content (AvgIpc) is 3.27. The van der Waals surface area contributed by atoms with E-state index in [1.54, 1.807) is 13.1 Å². The Morgan fingerprint density at radius 1 is 1.12 bits per heavy atom. The zero-order valence-electron chi connectivity index (χ0n) is 17.9. The quantitative estimate of drug-likeness (QED) is 0.270. The van der Waals surface area contributed by atoms with Gasteiger partial charge in [-0.15, -0.1) is 24.0 Å². The van der Waals surface area contributed by atoms with E-state index >= 15 is 0 Å². The number of rotatable bonds is 8. The Kier molecular flexibility index (Phi) is 10.4. The molecule has 12 heteroatoms. The van der Waals surface area contributed by atoms with Crippen LogP contribution in [0, 0.1) is 0 Å². The minimum Gasteiger partial charge on any atom is -0.364 e. The van der Waals surface area contributed by atoms with E-state index in [-0.39, 0.29) is 42.2 Å². The van der Waals surface area contributed by atoms with Gasteiger partial charge in [-0.05, 0) is 12.0 Å². The van der Waals surface area contributed by atoms with Crippen LogP contribution in [0.2, 0.25) is 0 Å². The van der Waals surface area contributed by atoms with E-state index in [2.05, 4.69) is 20.8 Å². The molecule has 1 amide bonds. The molecule has 0 saturated carbocycles. The Bertz CT molecular complexity index is 961. The van der Waals surface area contributed by atoms with Crippen molar-refractivity contribution in [1.29, 1.82) is 0 Å². The number of halogens is 1. The minimum atomic E-state index is -3.46. The standard InChI is InChI=1S/C20H28N6O4S.HI/c1-21-20(23-15-19(27)22-9-7-17-5-3-2-4-6-17)25-10-12-26(13-11-25)31(28,29)16-18-8-14-30-24-18;/h2-6,8,14H,7,9-13,15-16H2,1H3,(H,21,23)(H,22,27);1H. The smallest absolute Gasteiger partial charge is 0.239 e. The minimum absolute atomic E-state index is 0. The number of piperazine rings is 1. The van der Waals surface area contributed by atoms with Crippen molar-refractivity contribution < 1.29 is 17.7 Å². The molecule has 32 heavy (non-hydrogen) atoms. The van der Waals surface area contributed by atoms with Crippen molar-refractivity contribution in [2.24, 2.45) is 4.99 Å². The highest BCUT2D eigenvalue weighted by Gasteiger charge is 2.29. The van der Waals surface area contributed by atoms with E-state index in [1.165, 1.54) is 16.1 Å². The Balaban J connectivity index is 0.00000363. The Hall–Kier alpha value is -2.19. The van der Waals surface area contributed by atoms with Gasteiger partial charge in [-0.2, -0.15) is 4.31 Å². The first-order valence-corrected chi connectivity index (χ1v) is 11.7. The summed E-state index contributed by atoms with van der Waals surface area (Å²) in [5.74, 6) is 0.275. The summed E-state index contributed by atoms with van der Waals surface area (Å²) in [6, 6.07) is 11.5. The van der Waals surface area contributed by atoms with E-state index in [0.29, 0.717) is 44.4 Å². The van der Waals surface area contributed by atoms with Crippen molar-refractivity contribution >= 4 is 45.9 Å². The maximum atomic E-state index is 12.5. The van der Waals surface area contributed by atoms with E-state index in [0.717, 1.165) is 6.42 Å². The highest BCUT2D eigenvalue weighted by Crippen LogP contribution is 2.12. The number of hydrogen-bond donors (Lipinski definition) is 2. The lowest BCUT2D eigenvalue weighted by atomic mass is 10.1. The van der Waals surface area contributed by atoms with Crippen LogP contribution in [0.4, 0.5) is 0 Å². The first-order chi connectivity index (χ1) is 15.0. The van der Waals surface area contributed by atoms with Crippen LogP contribution in [0.3, 0.4) is 0 Å². The molecule has 10 nitrogen and oxygen atoms in total. The van der Waals surface area contributed by atoms with Gasteiger partial charge in [0, 0.05) is 45.8 Å². The Labute approximate surface area is 205 Å². The van der Waals surface area contributed by atoms with E-state index < -0.39 is 10.0 Å². The number of carbonyl (C=O) groups is 1. The second-order valence-corrected chi connectivity index (χ2v) is 9.09. The molecule has 2 heterocycles. The predicted molar refractivity (Wildman–Crippen MR) is 132 cm³/mol. The number of guanidine groups is 1. The van der Waals surface area contributed by atoms with Crippen LogP contribution in [-0.2, 0) is 27.0 Å². The number of carbonyl (C=O) groups excluding carboxylic acids is 1. The van der Waals surface area contributed by atoms with Gasteiger partial charge in [0.05, 0.1) is 12.2 Å². The number of sulfonamides is 1. The molecule has 3 rings (SSSR count). The first kappa shape index (κ1) is 26.1. The summed E-state index contributed by atoms with van der Waals surface area (Å²) >= 11 is 0. The van der Waals surface area contributed by atoms with Crippen molar-refractivity contribution in [3.63, 3.8) is 0 Å². The molecule has 0 unspecified atom stereocenters. The Morgan fingerprint density at radius 2 is 1.84 bits per heavy atom. The van der Waals surface area contributed by atoms with Gasteiger partial charge in [0.25, 0.3) is 0 Å². The van der Waals surface area contributed by atoms with Crippen LogP contribution in [0.25, 0.3) is 0 Å². The van der Waals surface area contributed by atoms with Crippen molar-refractivity contribution in [2.45, 2.75) is 12.2 Å². The molecule has 176 valence electrons. The summed E-state index contributed by atoms with van der Waals surface area (Å²) in [6.07, 6.45) is 2.13. The highest BCUT2D eigenvalue weighted by molar-refractivity contribution is 14.0. The number of nitrogens with one attached hydrogen (secondary N) is 2. The Morgan fingerprint density at radius 3 is 2.47 bits per heavy atom. The second-order valence-electron chi connectivity index (χ2n) is 7.12. The van der Waals surface area contributed by atoms with Gasteiger partial charge < -0.3 is 20.1 Å². The topological polar surface area (TPSA) is 120 Å². The van der Waals surface area contributed by atoms with Gasteiger partial charge in [-0.3, -0.25) is 9.79 Å². The molecule has 1 aliphatic heterocycles. The van der Waals surface area contributed by atoms with Gasteiger partial charge in [0.2, 0.25) is 15.9 Å². The highest BCUT2D eigenvalue weighted by atomic mass is 127.